The lowest BCUT2D eigenvalue weighted by atomic mass is 10.1. The maximum atomic E-state index is 12.0. The summed E-state index contributed by atoms with van der Waals surface area (Å²) in [4.78, 5) is 13.7. The van der Waals surface area contributed by atoms with E-state index in [0.717, 1.165) is 17.7 Å². The van der Waals surface area contributed by atoms with E-state index in [1.807, 2.05) is 31.2 Å². The number of rotatable bonds is 9. The van der Waals surface area contributed by atoms with Gasteiger partial charge >= 0.3 is 0 Å². The predicted octanol–water partition coefficient (Wildman–Crippen LogP) is 1.59. The number of ether oxygens (including phenoxy) is 2. The Morgan fingerprint density at radius 1 is 1.38 bits per heavy atom. The van der Waals surface area contributed by atoms with Crippen molar-refractivity contribution in [2.45, 2.75) is 25.8 Å². The normalized spacial score (nSPS) is 12.0. The third-order valence-corrected chi connectivity index (χ3v) is 3.24. The van der Waals surface area contributed by atoms with Crippen LogP contribution in [0.3, 0.4) is 0 Å². The molecule has 0 aliphatic heterocycles. The minimum absolute atomic E-state index is 0.0565. The van der Waals surface area contributed by atoms with Gasteiger partial charge in [-0.3, -0.25) is 4.79 Å². The summed E-state index contributed by atoms with van der Waals surface area (Å²) in [5.74, 6) is 0.763. The van der Waals surface area contributed by atoms with Crippen molar-refractivity contribution in [2.24, 2.45) is 5.73 Å². The third kappa shape index (κ3) is 6.60. The van der Waals surface area contributed by atoms with Gasteiger partial charge in [-0.05, 0) is 37.5 Å². The van der Waals surface area contributed by atoms with Crippen LogP contribution in [0.4, 0.5) is 0 Å². The first-order valence-electron chi connectivity index (χ1n) is 7.23. The monoisotopic (exact) mass is 294 g/mol. The molecule has 21 heavy (non-hydrogen) atoms. The van der Waals surface area contributed by atoms with Crippen LogP contribution in [0.1, 0.15) is 18.4 Å². The zero-order valence-corrected chi connectivity index (χ0v) is 13.2. The van der Waals surface area contributed by atoms with E-state index in [2.05, 4.69) is 0 Å². The topological polar surface area (TPSA) is 64.8 Å². The van der Waals surface area contributed by atoms with E-state index in [0.29, 0.717) is 26.2 Å². The van der Waals surface area contributed by atoms with Crippen LogP contribution in [0.25, 0.3) is 0 Å². The molecule has 0 saturated carbocycles. The summed E-state index contributed by atoms with van der Waals surface area (Å²) in [6.07, 6.45) is 1.42. The van der Waals surface area contributed by atoms with Crippen LogP contribution < -0.4 is 10.5 Å². The summed E-state index contributed by atoms with van der Waals surface area (Å²) in [7, 11) is 3.39. The van der Waals surface area contributed by atoms with Gasteiger partial charge in [0.05, 0.1) is 12.6 Å². The number of aryl methyl sites for hydroxylation is 1. The van der Waals surface area contributed by atoms with Crippen molar-refractivity contribution in [3.63, 3.8) is 0 Å². The second-order valence-corrected chi connectivity index (χ2v) is 5.17. The first-order chi connectivity index (χ1) is 10.0. The SMILES string of the molecule is COCCCC(N)C(=O)N(C)CCOc1cccc(C)c1. The van der Waals surface area contributed by atoms with Crippen molar-refractivity contribution in [1.29, 1.82) is 0 Å². The molecule has 1 amide bonds. The highest BCUT2D eigenvalue weighted by atomic mass is 16.5. The average Bonchev–Trinajstić information content (AvgIpc) is 2.46. The van der Waals surface area contributed by atoms with E-state index in [4.69, 9.17) is 15.2 Å². The molecule has 0 radical (unpaired) electrons. The summed E-state index contributed by atoms with van der Waals surface area (Å²) in [6, 6.07) is 7.38. The number of hydrogen-bond donors (Lipinski definition) is 1. The number of nitrogens with two attached hydrogens (primary N) is 1. The van der Waals surface area contributed by atoms with E-state index in [-0.39, 0.29) is 5.91 Å². The summed E-state index contributed by atoms with van der Waals surface area (Å²) < 4.78 is 10.6. The molecule has 0 fully saturated rings. The number of benzene rings is 1. The number of likely N-dealkylation sites (N-methyl/N-ethyl adjacent to an activating group) is 1. The molecule has 2 N–H and O–H groups in total. The van der Waals surface area contributed by atoms with Crippen molar-refractivity contribution < 1.29 is 14.3 Å². The quantitative estimate of drug-likeness (QED) is 0.702. The highest BCUT2D eigenvalue weighted by Crippen LogP contribution is 2.12. The van der Waals surface area contributed by atoms with Crippen molar-refractivity contribution in [3.8, 4) is 5.75 Å². The van der Waals surface area contributed by atoms with Gasteiger partial charge in [0, 0.05) is 20.8 Å². The van der Waals surface area contributed by atoms with Crippen LogP contribution in [-0.2, 0) is 9.53 Å². The molecule has 0 aromatic heterocycles. The van der Waals surface area contributed by atoms with Gasteiger partial charge in [0.25, 0.3) is 0 Å². The molecule has 0 bridgehead atoms. The number of amides is 1. The Labute approximate surface area is 127 Å². The van der Waals surface area contributed by atoms with Gasteiger partial charge in [-0.15, -0.1) is 0 Å². The Morgan fingerprint density at radius 3 is 2.81 bits per heavy atom. The minimum atomic E-state index is -0.468. The van der Waals surface area contributed by atoms with Crippen LogP contribution in [-0.4, -0.2) is 50.8 Å². The predicted molar refractivity (Wildman–Crippen MR) is 83.4 cm³/mol. The first-order valence-corrected chi connectivity index (χ1v) is 7.23. The van der Waals surface area contributed by atoms with E-state index in [1.165, 1.54) is 0 Å². The zero-order chi connectivity index (χ0) is 15.7. The Hall–Kier alpha value is -1.59. The molecule has 1 rings (SSSR count). The first kappa shape index (κ1) is 17.5. The summed E-state index contributed by atoms with van der Waals surface area (Å²) in [5, 5.41) is 0. The van der Waals surface area contributed by atoms with Crippen molar-refractivity contribution in [2.75, 3.05) is 33.9 Å². The largest absolute Gasteiger partial charge is 0.492 e. The van der Waals surface area contributed by atoms with Crippen molar-refractivity contribution in [1.82, 2.24) is 4.90 Å². The summed E-state index contributed by atoms with van der Waals surface area (Å²) >= 11 is 0. The van der Waals surface area contributed by atoms with Crippen LogP contribution in [0.5, 0.6) is 5.75 Å². The van der Waals surface area contributed by atoms with Gasteiger partial charge in [0.15, 0.2) is 0 Å². The number of carbonyl (C=O) groups is 1. The Kier molecular flexibility index (Phi) is 7.79. The molecule has 5 nitrogen and oxygen atoms in total. The standard InChI is InChI=1S/C16H26N2O3/c1-13-6-4-7-14(12-13)21-11-9-18(2)16(19)15(17)8-5-10-20-3/h4,6-7,12,15H,5,8-11,17H2,1-3H3. The van der Waals surface area contributed by atoms with Crippen molar-refractivity contribution in [3.05, 3.63) is 29.8 Å². The second-order valence-electron chi connectivity index (χ2n) is 5.17. The van der Waals surface area contributed by atoms with Crippen LogP contribution in [0, 0.1) is 6.92 Å². The van der Waals surface area contributed by atoms with Gasteiger partial charge in [0.1, 0.15) is 12.4 Å². The highest BCUT2D eigenvalue weighted by Gasteiger charge is 2.17. The lowest BCUT2D eigenvalue weighted by Gasteiger charge is -2.21. The molecule has 0 heterocycles. The molecule has 5 heteroatoms. The van der Waals surface area contributed by atoms with Gasteiger partial charge in [-0.25, -0.2) is 0 Å². The fourth-order valence-electron chi connectivity index (χ4n) is 1.97. The Balaban J connectivity index is 2.29. The molecular weight excluding hydrogens is 268 g/mol. The van der Waals surface area contributed by atoms with E-state index >= 15 is 0 Å². The highest BCUT2D eigenvalue weighted by molar-refractivity contribution is 5.81. The molecule has 1 aromatic rings. The van der Waals surface area contributed by atoms with Gasteiger partial charge in [0.2, 0.25) is 5.91 Å². The molecule has 0 aliphatic rings. The molecule has 0 spiro atoms. The number of hydrogen-bond acceptors (Lipinski definition) is 4. The van der Waals surface area contributed by atoms with Gasteiger partial charge in [-0.2, -0.15) is 0 Å². The lowest BCUT2D eigenvalue weighted by molar-refractivity contribution is -0.131. The molecule has 1 atom stereocenters. The molecule has 118 valence electrons. The van der Waals surface area contributed by atoms with Crippen LogP contribution in [0.2, 0.25) is 0 Å². The molecule has 0 aliphatic carbocycles. The van der Waals surface area contributed by atoms with Gasteiger partial charge < -0.3 is 20.1 Å². The fraction of sp³-hybridized carbons (Fsp3) is 0.562. The molecule has 1 aromatic carbocycles. The molecule has 0 saturated heterocycles. The maximum absolute atomic E-state index is 12.0. The fourth-order valence-corrected chi connectivity index (χ4v) is 1.97. The van der Waals surface area contributed by atoms with E-state index in [1.54, 1.807) is 19.1 Å². The average molecular weight is 294 g/mol. The smallest absolute Gasteiger partial charge is 0.239 e. The molecular formula is C16H26N2O3. The lowest BCUT2D eigenvalue weighted by Crippen LogP contribution is -2.43. The third-order valence-electron chi connectivity index (χ3n) is 3.24. The minimum Gasteiger partial charge on any atom is -0.492 e. The van der Waals surface area contributed by atoms with E-state index in [9.17, 15) is 4.79 Å². The second kappa shape index (κ2) is 9.37. The number of nitrogens with zero attached hydrogens (tertiary/aromatic N) is 1. The number of methoxy groups -OCH3 is 1. The van der Waals surface area contributed by atoms with Crippen LogP contribution in [0.15, 0.2) is 24.3 Å². The van der Waals surface area contributed by atoms with Crippen molar-refractivity contribution >= 4 is 5.91 Å². The Morgan fingerprint density at radius 2 is 2.14 bits per heavy atom. The van der Waals surface area contributed by atoms with Crippen LogP contribution >= 0.6 is 0 Å². The summed E-state index contributed by atoms with van der Waals surface area (Å²) in [6.45, 7) is 3.62. The Bertz CT molecular complexity index is 437. The van der Waals surface area contributed by atoms with E-state index < -0.39 is 6.04 Å². The molecule has 1 unspecified atom stereocenters. The van der Waals surface area contributed by atoms with Gasteiger partial charge in [-0.1, -0.05) is 12.1 Å². The zero-order valence-electron chi connectivity index (χ0n) is 13.2. The number of carbonyl (C=O) groups excluding carboxylic acids is 1. The maximum Gasteiger partial charge on any atom is 0.239 e. The summed E-state index contributed by atoms with van der Waals surface area (Å²) in [5.41, 5.74) is 7.02.